The maximum atomic E-state index is 13.6. The first-order valence-electron chi connectivity index (χ1n) is 6.04. The van der Waals surface area contributed by atoms with Crippen molar-refractivity contribution in [2.45, 2.75) is 12.5 Å². The van der Waals surface area contributed by atoms with E-state index < -0.39 is 17.7 Å². The van der Waals surface area contributed by atoms with E-state index in [1.807, 2.05) is 0 Å². The summed E-state index contributed by atoms with van der Waals surface area (Å²) >= 11 is 0. The van der Waals surface area contributed by atoms with Crippen LogP contribution >= 0.6 is 0 Å². The van der Waals surface area contributed by atoms with Crippen molar-refractivity contribution >= 4 is 5.52 Å². The van der Waals surface area contributed by atoms with Crippen molar-refractivity contribution in [1.29, 1.82) is 0 Å². The van der Waals surface area contributed by atoms with Crippen LogP contribution in [0.25, 0.3) is 5.52 Å². The fourth-order valence-corrected chi connectivity index (χ4v) is 2.13. The van der Waals surface area contributed by atoms with Gasteiger partial charge in [0.25, 0.3) is 0 Å². The van der Waals surface area contributed by atoms with E-state index in [0.717, 1.165) is 18.2 Å². The smallest absolute Gasteiger partial charge is 0.126 e. The lowest BCUT2D eigenvalue weighted by atomic mass is 10.0. The number of nitrogens with zero attached hydrogens (tertiary/aromatic N) is 3. The summed E-state index contributed by atoms with van der Waals surface area (Å²) in [5.41, 5.74) is 1.29. The molecular formula is C14H11F2N3O. The summed E-state index contributed by atoms with van der Waals surface area (Å²) in [4.78, 5) is 3.96. The number of aliphatic hydroxyl groups excluding tert-OH is 1. The molecule has 3 rings (SSSR count). The molecule has 1 atom stereocenters. The quantitative estimate of drug-likeness (QED) is 0.798. The van der Waals surface area contributed by atoms with Gasteiger partial charge in [-0.25, -0.2) is 13.3 Å². The molecule has 2 heterocycles. The molecule has 0 amide bonds. The molecule has 1 unspecified atom stereocenters. The van der Waals surface area contributed by atoms with Gasteiger partial charge < -0.3 is 5.11 Å². The summed E-state index contributed by atoms with van der Waals surface area (Å²) in [5.74, 6) is -1.07. The van der Waals surface area contributed by atoms with Gasteiger partial charge in [0, 0.05) is 24.4 Å². The molecule has 1 aromatic carbocycles. The van der Waals surface area contributed by atoms with Gasteiger partial charge in [-0.05, 0) is 23.8 Å². The Hall–Kier alpha value is -2.34. The van der Waals surface area contributed by atoms with Gasteiger partial charge in [0.15, 0.2) is 0 Å². The standard InChI is InChI=1S/C14H11F2N3O/c15-10-1-2-12(16)9(5-10)6-14(20)11-7-18-19-4-3-17-8-13(11)19/h1-5,7-8,14,20H,6H2. The lowest BCUT2D eigenvalue weighted by molar-refractivity contribution is 0.178. The van der Waals surface area contributed by atoms with Gasteiger partial charge in [0.1, 0.15) is 11.6 Å². The molecule has 0 fully saturated rings. The average molecular weight is 275 g/mol. The van der Waals surface area contributed by atoms with Crippen LogP contribution in [0, 0.1) is 11.6 Å². The van der Waals surface area contributed by atoms with Crippen LogP contribution in [0.2, 0.25) is 0 Å². The molecule has 3 aromatic rings. The zero-order valence-electron chi connectivity index (χ0n) is 10.4. The molecule has 20 heavy (non-hydrogen) atoms. The lowest BCUT2D eigenvalue weighted by Crippen LogP contribution is -2.04. The maximum Gasteiger partial charge on any atom is 0.126 e. The van der Waals surface area contributed by atoms with E-state index in [4.69, 9.17) is 0 Å². The first-order valence-corrected chi connectivity index (χ1v) is 6.04. The number of fused-ring (bicyclic) bond motifs is 1. The summed E-state index contributed by atoms with van der Waals surface area (Å²) < 4.78 is 28.3. The molecule has 0 aliphatic heterocycles. The number of rotatable bonds is 3. The molecule has 2 aromatic heterocycles. The Morgan fingerprint density at radius 3 is 2.95 bits per heavy atom. The summed E-state index contributed by atoms with van der Waals surface area (Å²) in [6, 6.07) is 3.18. The SMILES string of the molecule is OC(Cc1cc(F)ccc1F)c1cnn2ccncc12. The van der Waals surface area contributed by atoms with Gasteiger partial charge in [-0.1, -0.05) is 0 Å². The minimum Gasteiger partial charge on any atom is -0.388 e. The Morgan fingerprint density at radius 1 is 1.25 bits per heavy atom. The number of hydrogen-bond acceptors (Lipinski definition) is 3. The molecule has 4 nitrogen and oxygen atoms in total. The number of halogens is 2. The molecule has 0 aliphatic rings. The monoisotopic (exact) mass is 275 g/mol. The van der Waals surface area contributed by atoms with Gasteiger partial charge in [-0.15, -0.1) is 0 Å². The fourth-order valence-electron chi connectivity index (χ4n) is 2.13. The van der Waals surface area contributed by atoms with Crippen LogP contribution in [0.15, 0.2) is 43.0 Å². The van der Waals surface area contributed by atoms with Crippen LogP contribution in [0.4, 0.5) is 8.78 Å². The number of aromatic nitrogens is 3. The van der Waals surface area contributed by atoms with Gasteiger partial charge >= 0.3 is 0 Å². The molecule has 6 heteroatoms. The number of hydrogen-bond donors (Lipinski definition) is 1. The average Bonchev–Trinajstić information content (AvgIpc) is 2.87. The zero-order chi connectivity index (χ0) is 14.1. The third-order valence-corrected chi connectivity index (χ3v) is 3.13. The van der Waals surface area contributed by atoms with Gasteiger partial charge in [0.05, 0.1) is 24.0 Å². The molecular weight excluding hydrogens is 264 g/mol. The van der Waals surface area contributed by atoms with Gasteiger partial charge in [-0.3, -0.25) is 4.98 Å². The molecule has 1 N–H and O–H groups in total. The fraction of sp³-hybridized carbons (Fsp3) is 0.143. The first kappa shape index (κ1) is 12.7. The van der Waals surface area contributed by atoms with E-state index in [1.54, 1.807) is 23.1 Å². The second-order valence-corrected chi connectivity index (χ2v) is 4.46. The van der Waals surface area contributed by atoms with E-state index in [2.05, 4.69) is 10.1 Å². The van der Waals surface area contributed by atoms with Crippen molar-refractivity contribution in [3.63, 3.8) is 0 Å². The minimum atomic E-state index is -0.979. The van der Waals surface area contributed by atoms with Crippen molar-refractivity contribution in [1.82, 2.24) is 14.6 Å². The Labute approximate surface area is 113 Å². The zero-order valence-corrected chi connectivity index (χ0v) is 10.4. The predicted octanol–water partition coefficient (Wildman–Crippen LogP) is 2.28. The van der Waals surface area contributed by atoms with E-state index in [0.29, 0.717) is 11.1 Å². The van der Waals surface area contributed by atoms with Crippen molar-refractivity contribution < 1.29 is 13.9 Å². The summed E-state index contributed by atoms with van der Waals surface area (Å²) in [6.07, 6.45) is 5.27. The van der Waals surface area contributed by atoms with E-state index >= 15 is 0 Å². The van der Waals surface area contributed by atoms with Crippen LogP contribution in [-0.2, 0) is 6.42 Å². The van der Waals surface area contributed by atoms with Crippen LogP contribution in [-0.4, -0.2) is 19.7 Å². The highest BCUT2D eigenvalue weighted by Crippen LogP contribution is 2.23. The van der Waals surface area contributed by atoms with Gasteiger partial charge in [0.2, 0.25) is 0 Å². The molecule has 0 saturated heterocycles. The Bertz CT molecular complexity index is 757. The van der Waals surface area contributed by atoms with Crippen molar-refractivity contribution in [2.24, 2.45) is 0 Å². The van der Waals surface area contributed by atoms with Crippen molar-refractivity contribution in [3.8, 4) is 0 Å². The molecule has 0 radical (unpaired) electrons. The highest BCUT2D eigenvalue weighted by Gasteiger charge is 2.16. The van der Waals surface area contributed by atoms with Crippen molar-refractivity contribution in [2.75, 3.05) is 0 Å². The second-order valence-electron chi connectivity index (χ2n) is 4.46. The summed E-state index contributed by atoms with van der Waals surface area (Å²) in [7, 11) is 0. The topological polar surface area (TPSA) is 50.4 Å². The van der Waals surface area contributed by atoms with E-state index in [-0.39, 0.29) is 12.0 Å². The molecule has 0 spiro atoms. The Balaban J connectivity index is 1.93. The largest absolute Gasteiger partial charge is 0.388 e. The van der Waals surface area contributed by atoms with E-state index in [9.17, 15) is 13.9 Å². The Morgan fingerprint density at radius 2 is 2.10 bits per heavy atom. The molecule has 0 bridgehead atoms. The van der Waals surface area contributed by atoms with Crippen molar-refractivity contribution in [3.05, 3.63) is 65.7 Å². The normalized spacial score (nSPS) is 12.8. The van der Waals surface area contributed by atoms with Crippen LogP contribution in [0.3, 0.4) is 0 Å². The first-order chi connectivity index (χ1) is 9.65. The third kappa shape index (κ3) is 2.25. The highest BCUT2D eigenvalue weighted by molar-refractivity contribution is 5.52. The number of benzene rings is 1. The van der Waals surface area contributed by atoms with Gasteiger partial charge in [-0.2, -0.15) is 5.10 Å². The Kier molecular flexibility index (Phi) is 3.15. The molecule has 102 valence electrons. The minimum absolute atomic E-state index is 0.0279. The lowest BCUT2D eigenvalue weighted by Gasteiger charge is -2.10. The van der Waals surface area contributed by atoms with Crippen LogP contribution < -0.4 is 0 Å². The van der Waals surface area contributed by atoms with Crippen LogP contribution in [0.5, 0.6) is 0 Å². The second kappa shape index (κ2) is 4.97. The highest BCUT2D eigenvalue weighted by atomic mass is 19.1. The van der Waals surface area contributed by atoms with Crippen LogP contribution in [0.1, 0.15) is 17.2 Å². The third-order valence-electron chi connectivity index (χ3n) is 3.13. The summed E-state index contributed by atoms with van der Waals surface area (Å²) in [6.45, 7) is 0. The molecule has 0 aliphatic carbocycles. The summed E-state index contributed by atoms with van der Waals surface area (Å²) in [5, 5.41) is 14.3. The predicted molar refractivity (Wildman–Crippen MR) is 68.0 cm³/mol. The molecule has 0 saturated carbocycles. The van der Waals surface area contributed by atoms with E-state index in [1.165, 1.54) is 6.20 Å². The maximum absolute atomic E-state index is 13.6. The number of aliphatic hydroxyl groups is 1.